The lowest BCUT2D eigenvalue weighted by molar-refractivity contribution is -0.119. The van der Waals surface area contributed by atoms with Crippen LogP contribution in [-0.4, -0.2) is 26.1 Å². The van der Waals surface area contributed by atoms with Crippen LogP contribution in [-0.2, 0) is 10.2 Å². The first-order valence-electron chi connectivity index (χ1n) is 7.04. The summed E-state index contributed by atoms with van der Waals surface area (Å²) in [5, 5.41) is 9.94. The van der Waals surface area contributed by atoms with E-state index in [1.165, 1.54) is 0 Å². The number of nitrogens with one attached hydrogen (secondary N) is 3. The summed E-state index contributed by atoms with van der Waals surface area (Å²) in [5.74, 6) is 0.618. The molecule has 3 heterocycles. The first-order chi connectivity index (χ1) is 10.4. The number of anilines is 2. The quantitative estimate of drug-likeness (QED) is 0.550. The van der Waals surface area contributed by atoms with E-state index in [1.54, 1.807) is 0 Å². The normalized spacial score (nSPS) is 16.0. The molecule has 1 aliphatic rings. The molecule has 0 saturated carbocycles. The lowest BCUT2D eigenvalue weighted by Gasteiger charge is -2.14. The summed E-state index contributed by atoms with van der Waals surface area (Å²) in [5.41, 5.74) is 10.9. The molecule has 0 fully saturated rings. The van der Waals surface area contributed by atoms with Crippen LogP contribution in [0.25, 0.3) is 22.6 Å². The Morgan fingerprint density at radius 2 is 2.05 bits per heavy atom. The van der Waals surface area contributed by atoms with E-state index in [0.717, 1.165) is 28.0 Å². The fraction of sp³-hybridized carbons (Fsp3) is 0.267. The molecule has 4 rings (SSSR count). The molecule has 0 aliphatic carbocycles. The number of benzene rings is 1. The molecule has 0 unspecified atom stereocenters. The number of amides is 1. The van der Waals surface area contributed by atoms with Gasteiger partial charge in [0.15, 0.2) is 11.5 Å². The minimum absolute atomic E-state index is 0.00236. The van der Waals surface area contributed by atoms with Crippen molar-refractivity contribution in [3.05, 3.63) is 23.4 Å². The summed E-state index contributed by atoms with van der Waals surface area (Å²) in [4.78, 5) is 19.8. The van der Waals surface area contributed by atoms with Crippen molar-refractivity contribution in [3.63, 3.8) is 0 Å². The number of nitrogens with two attached hydrogens (primary N) is 1. The number of carbonyl (C=O) groups excluding carboxylic acids is 1. The maximum absolute atomic E-state index is 12.0. The number of H-pyrrole nitrogens is 2. The smallest absolute Gasteiger partial charge is 0.234 e. The molecule has 22 heavy (non-hydrogen) atoms. The van der Waals surface area contributed by atoms with Crippen LogP contribution in [0.5, 0.6) is 0 Å². The fourth-order valence-corrected chi connectivity index (χ4v) is 2.81. The Bertz CT molecular complexity index is 933. The topological polar surface area (TPSA) is 112 Å². The molecule has 1 aliphatic heterocycles. The van der Waals surface area contributed by atoms with Gasteiger partial charge in [-0.2, -0.15) is 5.10 Å². The average molecular weight is 296 g/mol. The Labute approximate surface area is 126 Å². The number of hydrogen-bond acceptors (Lipinski definition) is 4. The predicted octanol–water partition coefficient (Wildman–Crippen LogP) is 2.07. The maximum atomic E-state index is 12.0. The number of aryl methyl sites for hydroxylation is 1. The van der Waals surface area contributed by atoms with Crippen molar-refractivity contribution in [1.29, 1.82) is 0 Å². The van der Waals surface area contributed by atoms with Crippen molar-refractivity contribution in [2.45, 2.75) is 26.2 Å². The highest BCUT2D eigenvalue weighted by Crippen LogP contribution is 2.39. The second-order valence-corrected chi connectivity index (χ2v) is 6.19. The molecule has 1 amide bonds. The molecular weight excluding hydrogens is 280 g/mol. The zero-order chi connectivity index (χ0) is 15.6. The zero-order valence-electron chi connectivity index (χ0n) is 12.5. The van der Waals surface area contributed by atoms with Crippen LogP contribution >= 0.6 is 0 Å². The van der Waals surface area contributed by atoms with Gasteiger partial charge in [0.1, 0.15) is 0 Å². The summed E-state index contributed by atoms with van der Waals surface area (Å²) in [6.45, 7) is 5.68. The van der Waals surface area contributed by atoms with Crippen LogP contribution in [0.3, 0.4) is 0 Å². The number of rotatable bonds is 1. The van der Waals surface area contributed by atoms with Gasteiger partial charge >= 0.3 is 0 Å². The highest BCUT2D eigenvalue weighted by atomic mass is 16.2. The summed E-state index contributed by atoms with van der Waals surface area (Å²) in [7, 11) is 0. The predicted molar refractivity (Wildman–Crippen MR) is 84.5 cm³/mol. The largest absolute Gasteiger partial charge is 0.395 e. The minimum atomic E-state index is -0.545. The number of nitrogen functional groups attached to an aromatic ring is 1. The third kappa shape index (κ3) is 1.53. The SMILES string of the molecule is Cc1[nH]nc(-c2nc3cc4c(cc3[nH]2)C(C)(C)C(=O)N4)c1N. The number of fused-ring (bicyclic) bond motifs is 2. The van der Waals surface area contributed by atoms with E-state index < -0.39 is 5.41 Å². The first-order valence-corrected chi connectivity index (χ1v) is 7.04. The van der Waals surface area contributed by atoms with Gasteiger partial charge in [0, 0.05) is 5.69 Å². The van der Waals surface area contributed by atoms with Crippen molar-refractivity contribution >= 4 is 28.3 Å². The van der Waals surface area contributed by atoms with E-state index >= 15 is 0 Å². The molecule has 3 aromatic rings. The van der Waals surface area contributed by atoms with E-state index in [2.05, 4.69) is 25.5 Å². The average Bonchev–Trinajstić information content (AvgIpc) is 3.07. The standard InChI is InChI=1S/C15H16N6O/c1-6-11(16)12(21-20-6)13-17-9-4-7-8(5-10(9)18-13)19-14(22)15(7,2)3/h4-5H,16H2,1-3H3,(H,17,18)(H,19,22)(H,20,21). The van der Waals surface area contributed by atoms with Gasteiger partial charge < -0.3 is 16.0 Å². The molecule has 112 valence electrons. The Morgan fingerprint density at radius 3 is 2.73 bits per heavy atom. The zero-order valence-corrected chi connectivity index (χ0v) is 12.5. The Morgan fingerprint density at radius 1 is 1.27 bits per heavy atom. The fourth-order valence-electron chi connectivity index (χ4n) is 2.81. The highest BCUT2D eigenvalue weighted by molar-refractivity contribution is 6.07. The van der Waals surface area contributed by atoms with Gasteiger partial charge in [0.05, 0.1) is 27.8 Å². The van der Waals surface area contributed by atoms with E-state index in [9.17, 15) is 4.79 Å². The highest BCUT2D eigenvalue weighted by Gasteiger charge is 2.38. The lowest BCUT2D eigenvalue weighted by atomic mass is 9.86. The molecule has 0 spiro atoms. The monoisotopic (exact) mass is 296 g/mol. The molecular formula is C15H16N6O. The molecule has 0 bridgehead atoms. The number of nitrogens with zero attached hydrogens (tertiary/aromatic N) is 2. The third-order valence-electron chi connectivity index (χ3n) is 4.33. The van der Waals surface area contributed by atoms with Gasteiger partial charge in [0.25, 0.3) is 0 Å². The molecule has 0 radical (unpaired) electrons. The van der Waals surface area contributed by atoms with E-state index in [-0.39, 0.29) is 5.91 Å². The van der Waals surface area contributed by atoms with E-state index in [4.69, 9.17) is 5.73 Å². The van der Waals surface area contributed by atoms with Crippen LogP contribution < -0.4 is 11.1 Å². The summed E-state index contributed by atoms with van der Waals surface area (Å²) >= 11 is 0. The molecule has 5 N–H and O–H groups in total. The number of aromatic nitrogens is 4. The lowest BCUT2D eigenvalue weighted by Crippen LogP contribution is -2.26. The summed E-state index contributed by atoms with van der Waals surface area (Å²) in [6, 6.07) is 3.85. The van der Waals surface area contributed by atoms with Crippen LogP contribution in [0.15, 0.2) is 12.1 Å². The van der Waals surface area contributed by atoms with Crippen molar-refractivity contribution in [3.8, 4) is 11.5 Å². The van der Waals surface area contributed by atoms with Crippen molar-refractivity contribution in [1.82, 2.24) is 20.2 Å². The second-order valence-electron chi connectivity index (χ2n) is 6.19. The van der Waals surface area contributed by atoms with Crippen molar-refractivity contribution in [2.75, 3.05) is 11.1 Å². The van der Waals surface area contributed by atoms with Gasteiger partial charge in [0.2, 0.25) is 5.91 Å². The number of hydrogen-bond donors (Lipinski definition) is 4. The van der Waals surface area contributed by atoms with Crippen LogP contribution in [0, 0.1) is 6.92 Å². The van der Waals surface area contributed by atoms with Crippen molar-refractivity contribution < 1.29 is 4.79 Å². The molecule has 7 nitrogen and oxygen atoms in total. The third-order valence-corrected chi connectivity index (χ3v) is 4.33. The Hall–Kier alpha value is -2.83. The Kier molecular flexibility index (Phi) is 2.27. The van der Waals surface area contributed by atoms with E-state index in [0.29, 0.717) is 17.2 Å². The summed E-state index contributed by atoms with van der Waals surface area (Å²) in [6.07, 6.45) is 0. The second kappa shape index (κ2) is 3.88. The number of aromatic amines is 2. The van der Waals surface area contributed by atoms with Crippen LogP contribution in [0.1, 0.15) is 25.1 Å². The van der Waals surface area contributed by atoms with Gasteiger partial charge in [-0.25, -0.2) is 4.98 Å². The van der Waals surface area contributed by atoms with Gasteiger partial charge in [-0.3, -0.25) is 9.89 Å². The minimum Gasteiger partial charge on any atom is -0.395 e. The first kappa shape index (κ1) is 12.9. The molecule has 7 heteroatoms. The van der Waals surface area contributed by atoms with Gasteiger partial charge in [-0.15, -0.1) is 0 Å². The maximum Gasteiger partial charge on any atom is 0.234 e. The van der Waals surface area contributed by atoms with Crippen LogP contribution in [0.4, 0.5) is 11.4 Å². The molecule has 2 aromatic heterocycles. The Balaban J connectivity index is 1.91. The summed E-state index contributed by atoms with van der Waals surface area (Å²) < 4.78 is 0. The van der Waals surface area contributed by atoms with E-state index in [1.807, 2.05) is 32.9 Å². The molecule has 0 atom stereocenters. The van der Waals surface area contributed by atoms with Gasteiger partial charge in [-0.1, -0.05) is 0 Å². The number of carbonyl (C=O) groups is 1. The molecule has 0 saturated heterocycles. The van der Waals surface area contributed by atoms with Crippen LogP contribution in [0.2, 0.25) is 0 Å². The van der Waals surface area contributed by atoms with Crippen molar-refractivity contribution in [2.24, 2.45) is 0 Å². The molecule has 1 aromatic carbocycles. The number of imidazole rings is 1. The van der Waals surface area contributed by atoms with Gasteiger partial charge in [-0.05, 0) is 38.5 Å².